The van der Waals surface area contributed by atoms with E-state index < -0.39 is 4.92 Å². The minimum absolute atomic E-state index is 0.00279. The van der Waals surface area contributed by atoms with Gasteiger partial charge in [-0.2, -0.15) is 0 Å². The van der Waals surface area contributed by atoms with Crippen molar-refractivity contribution in [2.45, 2.75) is 5.16 Å². The van der Waals surface area contributed by atoms with Gasteiger partial charge in [0, 0.05) is 29.9 Å². The van der Waals surface area contributed by atoms with Crippen LogP contribution in [0.4, 0.5) is 5.69 Å². The van der Waals surface area contributed by atoms with Gasteiger partial charge in [-0.05, 0) is 24.3 Å². The Morgan fingerprint density at radius 1 is 1.18 bits per heavy atom. The molecule has 9 heteroatoms. The highest BCUT2D eigenvalue weighted by molar-refractivity contribution is 7.99. The van der Waals surface area contributed by atoms with Gasteiger partial charge in [0.1, 0.15) is 0 Å². The van der Waals surface area contributed by atoms with E-state index in [2.05, 4.69) is 22.1 Å². The summed E-state index contributed by atoms with van der Waals surface area (Å²) in [5.74, 6) is 0.582. The Morgan fingerprint density at radius 2 is 1.89 bits per heavy atom. The maximum atomic E-state index is 11.9. The lowest BCUT2D eigenvalue weighted by Crippen LogP contribution is -2.25. The van der Waals surface area contributed by atoms with Crippen LogP contribution in [0.1, 0.15) is 0 Å². The Hall–Kier alpha value is -3.46. The first kappa shape index (κ1) is 19.3. The number of nitrogens with one attached hydrogen (secondary N) is 1. The number of nitrogens with zero attached hydrogens (tertiary/aromatic N) is 4. The highest BCUT2D eigenvalue weighted by atomic mass is 32.2. The fourth-order valence-electron chi connectivity index (χ4n) is 2.46. The number of nitro groups is 1. The van der Waals surface area contributed by atoms with Gasteiger partial charge in [-0.25, -0.2) is 0 Å². The van der Waals surface area contributed by atoms with Gasteiger partial charge in [-0.3, -0.25) is 19.5 Å². The summed E-state index contributed by atoms with van der Waals surface area (Å²) >= 11 is 1.26. The second-order valence-electron chi connectivity index (χ2n) is 5.66. The fourth-order valence-corrected chi connectivity index (χ4v) is 3.24. The van der Waals surface area contributed by atoms with Gasteiger partial charge in [0.15, 0.2) is 11.0 Å². The van der Waals surface area contributed by atoms with Gasteiger partial charge in [-0.1, -0.05) is 36.0 Å². The van der Waals surface area contributed by atoms with E-state index in [4.69, 9.17) is 0 Å². The number of carbonyl (C=O) groups is 1. The zero-order chi connectivity index (χ0) is 19.9. The number of amides is 1. The van der Waals surface area contributed by atoms with Gasteiger partial charge >= 0.3 is 0 Å². The largest absolute Gasteiger partial charge is 0.352 e. The summed E-state index contributed by atoms with van der Waals surface area (Å²) in [5.41, 5.74) is 1.52. The highest BCUT2D eigenvalue weighted by Crippen LogP contribution is 2.28. The number of rotatable bonds is 8. The molecular weight excluding hydrogens is 378 g/mol. The first-order valence-electron chi connectivity index (χ1n) is 8.36. The standard InChI is InChI=1S/C19H17N5O3S/c1-2-12-20-17(25)13-28-19-22-21-18(23(19)15-6-4-3-5-7-15)14-8-10-16(11-9-14)24(26)27/h2-11H,1,12-13H2,(H,20,25). The van der Waals surface area contributed by atoms with Gasteiger partial charge in [0.2, 0.25) is 5.91 Å². The summed E-state index contributed by atoms with van der Waals surface area (Å²) in [7, 11) is 0. The molecule has 28 heavy (non-hydrogen) atoms. The Morgan fingerprint density at radius 3 is 2.54 bits per heavy atom. The monoisotopic (exact) mass is 395 g/mol. The van der Waals surface area contributed by atoms with Crippen LogP contribution < -0.4 is 5.32 Å². The third-order valence-corrected chi connectivity index (χ3v) is 4.69. The second kappa shape index (κ2) is 8.96. The molecule has 1 N–H and O–H groups in total. The van der Waals surface area contributed by atoms with Crippen molar-refractivity contribution in [1.82, 2.24) is 20.1 Å². The molecule has 3 rings (SSSR count). The second-order valence-corrected chi connectivity index (χ2v) is 6.61. The number of aromatic nitrogens is 3. The van der Waals surface area contributed by atoms with Crippen LogP contribution in [-0.4, -0.2) is 37.9 Å². The smallest absolute Gasteiger partial charge is 0.269 e. The van der Waals surface area contributed by atoms with Crippen molar-refractivity contribution >= 4 is 23.4 Å². The third-order valence-electron chi connectivity index (χ3n) is 3.76. The van der Waals surface area contributed by atoms with E-state index in [1.54, 1.807) is 18.2 Å². The quantitative estimate of drug-likeness (QED) is 0.272. The van der Waals surface area contributed by atoms with Crippen LogP contribution in [0.3, 0.4) is 0 Å². The number of hydrogen-bond donors (Lipinski definition) is 1. The lowest BCUT2D eigenvalue weighted by molar-refractivity contribution is -0.384. The molecule has 0 saturated heterocycles. The van der Waals surface area contributed by atoms with E-state index in [0.717, 1.165) is 5.69 Å². The number of hydrogen-bond acceptors (Lipinski definition) is 6. The molecule has 0 saturated carbocycles. The summed E-state index contributed by atoms with van der Waals surface area (Å²) in [6.45, 7) is 3.97. The highest BCUT2D eigenvalue weighted by Gasteiger charge is 2.18. The molecular formula is C19H17N5O3S. The zero-order valence-electron chi connectivity index (χ0n) is 14.8. The third kappa shape index (κ3) is 4.44. The van der Waals surface area contributed by atoms with E-state index in [1.807, 2.05) is 34.9 Å². The molecule has 0 aliphatic carbocycles. The van der Waals surface area contributed by atoms with E-state index in [9.17, 15) is 14.9 Å². The zero-order valence-corrected chi connectivity index (χ0v) is 15.6. The first-order chi connectivity index (χ1) is 13.6. The van der Waals surface area contributed by atoms with E-state index >= 15 is 0 Å². The van der Waals surface area contributed by atoms with Gasteiger partial charge in [0.25, 0.3) is 5.69 Å². The van der Waals surface area contributed by atoms with Crippen LogP contribution in [0.25, 0.3) is 17.1 Å². The van der Waals surface area contributed by atoms with Crippen molar-refractivity contribution in [3.05, 3.63) is 77.4 Å². The number of thioether (sulfide) groups is 1. The molecule has 0 unspecified atom stereocenters. The van der Waals surface area contributed by atoms with Crippen LogP contribution in [0.5, 0.6) is 0 Å². The summed E-state index contributed by atoms with van der Waals surface area (Å²) < 4.78 is 1.83. The summed E-state index contributed by atoms with van der Waals surface area (Å²) in [6.07, 6.45) is 1.61. The van der Waals surface area contributed by atoms with Crippen molar-refractivity contribution in [1.29, 1.82) is 0 Å². The van der Waals surface area contributed by atoms with Crippen molar-refractivity contribution in [3.8, 4) is 17.1 Å². The summed E-state index contributed by atoms with van der Waals surface area (Å²) in [5, 5.41) is 22.6. The SMILES string of the molecule is C=CCNC(=O)CSc1nnc(-c2ccc([N+](=O)[O-])cc2)n1-c1ccccc1. The number of para-hydroxylation sites is 1. The Labute approximate surface area is 165 Å². The van der Waals surface area contributed by atoms with Gasteiger partial charge in [0.05, 0.1) is 10.7 Å². The topological polar surface area (TPSA) is 103 Å². The van der Waals surface area contributed by atoms with Crippen LogP contribution in [0.2, 0.25) is 0 Å². The normalized spacial score (nSPS) is 10.4. The predicted octanol–water partition coefficient (Wildman–Crippen LogP) is 3.24. The Balaban J connectivity index is 1.94. The molecule has 0 aliphatic heterocycles. The Kier molecular flexibility index (Phi) is 6.18. The summed E-state index contributed by atoms with van der Waals surface area (Å²) in [6, 6.07) is 15.6. The molecule has 142 valence electrons. The van der Waals surface area contributed by atoms with Crippen molar-refractivity contribution < 1.29 is 9.72 Å². The Bertz CT molecular complexity index is 987. The minimum Gasteiger partial charge on any atom is -0.352 e. The van der Waals surface area contributed by atoms with E-state index in [1.165, 1.54) is 23.9 Å². The van der Waals surface area contributed by atoms with Crippen molar-refractivity contribution in [2.75, 3.05) is 12.3 Å². The number of non-ortho nitro benzene ring substituents is 1. The average Bonchev–Trinajstić information content (AvgIpc) is 3.15. The van der Waals surface area contributed by atoms with Gasteiger partial charge in [-0.15, -0.1) is 16.8 Å². The maximum Gasteiger partial charge on any atom is 0.269 e. The average molecular weight is 395 g/mol. The number of nitro benzene ring substituents is 1. The molecule has 3 aromatic rings. The molecule has 0 spiro atoms. The molecule has 0 bridgehead atoms. The fraction of sp³-hybridized carbons (Fsp3) is 0.105. The maximum absolute atomic E-state index is 11.9. The summed E-state index contributed by atoms with van der Waals surface area (Å²) in [4.78, 5) is 22.3. The molecule has 1 aromatic heterocycles. The van der Waals surface area contributed by atoms with E-state index in [-0.39, 0.29) is 17.3 Å². The van der Waals surface area contributed by atoms with Gasteiger partial charge < -0.3 is 5.32 Å². The molecule has 8 nitrogen and oxygen atoms in total. The van der Waals surface area contributed by atoms with Crippen LogP contribution in [-0.2, 0) is 4.79 Å². The van der Waals surface area contributed by atoms with Crippen LogP contribution >= 0.6 is 11.8 Å². The minimum atomic E-state index is -0.450. The molecule has 0 fully saturated rings. The first-order valence-corrected chi connectivity index (χ1v) is 9.34. The van der Waals surface area contributed by atoms with E-state index in [0.29, 0.717) is 23.1 Å². The van der Waals surface area contributed by atoms with Crippen molar-refractivity contribution in [2.24, 2.45) is 0 Å². The number of benzene rings is 2. The molecule has 1 heterocycles. The van der Waals surface area contributed by atoms with Crippen molar-refractivity contribution in [3.63, 3.8) is 0 Å². The lowest BCUT2D eigenvalue weighted by Gasteiger charge is -2.10. The molecule has 2 aromatic carbocycles. The van der Waals surface area contributed by atoms with Crippen LogP contribution in [0.15, 0.2) is 72.4 Å². The van der Waals surface area contributed by atoms with Crippen LogP contribution in [0, 0.1) is 10.1 Å². The lowest BCUT2D eigenvalue weighted by atomic mass is 10.2. The molecule has 0 atom stereocenters. The predicted molar refractivity (Wildman–Crippen MR) is 107 cm³/mol. The molecule has 1 amide bonds. The molecule has 0 aliphatic rings. The number of carbonyl (C=O) groups excluding carboxylic acids is 1. The molecule has 0 radical (unpaired) electrons.